The first-order chi connectivity index (χ1) is 13.2. The first kappa shape index (κ1) is 22.0. The molecule has 1 aliphatic rings. The molecule has 2 atom stereocenters. The molecule has 1 heterocycles. The van der Waals surface area contributed by atoms with Gasteiger partial charge in [-0.1, -0.05) is 6.07 Å². The second-order valence-electron chi connectivity index (χ2n) is 6.68. The molecule has 0 saturated carbocycles. The molecule has 0 bridgehead atoms. The smallest absolute Gasteiger partial charge is 0.311 e. The number of nitrogens with zero attached hydrogens (tertiary/aromatic N) is 1. The monoisotopic (exact) mass is 413 g/mol. The van der Waals surface area contributed by atoms with Crippen LogP contribution in [0.25, 0.3) is 0 Å². The average molecular weight is 413 g/mol. The van der Waals surface area contributed by atoms with E-state index >= 15 is 0 Å². The number of esters is 1. The Hall–Kier alpha value is -2.29. The highest BCUT2D eigenvalue weighted by atomic mass is 32.2. The predicted molar refractivity (Wildman–Crippen MR) is 103 cm³/mol. The fourth-order valence-corrected chi connectivity index (χ4v) is 5.03. The Morgan fingerprint density at radius 2 is 1.89 bits per heavy atom. The van der Waals surface area contributed by atoms with E-state index in [1.807, 2.05) is 0 Å². The van der Waals surface area contributed by atoms with Crippen LogP contribution in [0.5, 0.6) is 11.5 Å². The summed E-state index contributed by atoms with van der Waals surface area (Å²) in [4.78, 5) is 26.4. The minimum atomic E-state index is -3.11. The van der Waals surface area contributed by atoms with Gasteiger partial charge in [0, 0.05) is 12.6 Å². The number of amides is 1. The van der Waals surface area contributed by atoms with Gasteiger partial charge < -0.3 is 19.1 Å². The maximum Gasteiger partial charge on any atom is 0.311 e. The van der Waals surface area contributed by atoms with E-state index in [4.69, 9.17) is 14.2 Å². The minimum Gasteiger partial charge on any atom is -0.493 e. The molecule has 156 valence electrons. The fourth-order valence-electron chi connectivity index (χ4n) is 3.30. The Labute approximate surface area is 165 Å². The fraction of sp³-hybridized carbons (Fsp3) is 0.579. The molecule has 0 aromatic heterocycles. The Balaban J connectivity index is 1.98. The second-order valence-corrected chi connectivity index (χ2v) is 8.91. The zero-order valence-electron chi connectivity index (χ0n) is 16.6. The lowest BCUT2D eigenvalue weighted by Crippen LogP contribution is -2.46. The normalized spacial score (nSPS) is 18.9. The van der Waals surface area contributed by atoms with E-state index in [1.165, 1.54) is 26.0 Å². The molecule has 0 spiro atoms. The number of hydrogen-bond donors (Lipinski definition) is 0. The Morgan fingerprint density at radius 3 is 2.43 bits per heavy atom. The number of sulfone groups is 1. The van der Waals surface area contributed by atoms with Crippen LogP contribution in [0.3, 0.4) is 0 Å². The lowest BCUT2D eigenvalue weighted by atomic mass is 10.1. The summed E-state index contributed by atoms with van der Waals surface area (Å²) >= 11 is 0. The summed E-state index contributed by atoms with van der Waals surface area (Å²) in [6.07, 6.45) is -0.605. The van der Waals surface area contributed by atoms with Crippen molar-refractivity contribution in [1.29, 1.82) is 0 Å². The van der Waals surface area contributed by atoms with Crippen molar-refractivity contribution in [1.82, 2.24) is 4.90 Å². The molecule has 8 nitrogen and oxygen atoms in total. The van der Waals surface area contributed by atoms with Crippen LogP contribution >= 0.6 is 0 Å². The van der Waals surface area contributed by atoms with E-state index in [0.717, 1.165) is 0 Å². The van der Waals surface area contributed by atoms with Crippen molar-refractivity contribution in [3.05, 3.63) is 23.8 Å². The number of methoxy groups -OCH3 is 2. The lowest BCUT2D eigenvalue weighted by molar-refractivity contribution is -0.159. The Bertz CT molecular complexity index is 822. The van der Waals surface area contributed by atoms with Crippen LogP contribution in [0.1, 0.15) is 25.8 Å². The maximum atomic E-state index is 12.7. The second kappa shape index (κ2) is 9.27. The summed E-state index contributed by atoms with van der Waals surface area (Å²) in [5.41, 5.74) is 0.663. The third-order valence-electron chi connectivity index (χ3n) is 4.73. The number of carbonyl (C=O) groups is 2. The Morgan fingerprint density at radius 1 is 1.21 bits per heavy atom. The lowest BCUT2D eigenvalue weighted by Gasteiger charge is -2.29. The van der Waals surface area contributed by atoms with Gasteiger partial charge in [-0.3, -0.25) is 9.59 Å². The summed E-state index contributed by atoms with van der Waals surface area (Å²) in [7, 11) is -0.0845. The van der Waals surface area contributed by atoms with E-state index < -0.39 is 21.9 Å². The van der Waals surface area contributed by atoms with Crippen LogP contribution in [-0.2, 0) is 30.6 Å². The molecule has 0 unspecified atom stereocenters. The molecule has 0 aliphatic carbocycles. The third kappa shape index (κ3) is 5.37. The zero-order valence-corrected chi connectivity index (χ0v) is 17.5. The van der Waals surface area contributed by atoms with Crippen LogP contribution in [-0.4, -0.2) is 69.6 Å². The van der Waals surface area contributed by atoms with E-state index in [9.17, 15) is 18.0 Å². The van der Waals surface area contributed by atoms with Gasteiger partial charge in [-0.15, -0.1) is 0 Å². The van der Waals surface area contributed by atoms with Crippen molar-refractivity contribution in [3.63, 3.8) is 0 Å². The largest absolute Gasteiger partial charge is 0.493 e. The molecule has 1 aliphatic heterocycles. The maximum absolute atomic E-state index is 12.7. The van der Waals surface area contributed by atoms with Gasteiger partial charge in [0.1, 0.15) is 0 Å². The third-order valence-corrected chi connectivity index (χ3v) is 6.48. The summed E-state index contributed by atoms with van der Waals surface area (Å²) in [5, 5.41) is 0. The van der Waals surface area contributed by atoms with Crippen molar-refractivity contribution in [2.45, 2.75) is 38.8 Å². The first-order valence-electron chi connectivity index (χ1n) is 9.12. The quantitative estimate of drug-likeness (QED) is 0.591. The number of ether oxygens (including phenoxy) is 3. The highest BCUT2D eigenvalue weighted by Gasteiger charge is 2.36. The molecular weight excluding hydrogens is 386 g/mol. The van der Waals surface area contributed by atoms with E-state index in [2.05, 4.69) is 0 Å². The van der Waals surface area contributed by atoms with E-state index in [0.29, 0.717) is 30.0 Å². The molecule has 1 saturated heterocycles. The van der Waals surface area contributed by atoms with Gasteiger partial charge in [0.2, 0.25) is 0 Å². The highest BCUT2D eigenvalue weighted by molar-refractivity contribution is 7.91. The SMILES string of the molecule is CCN(C(=O)[C@@H](C)OC(=O)Cc1ccc(OC)c(OC)c1)[C@H]1CCS(=O)(=O)C1. The average Bonchev–Trinajstić information content (AvgIpc) is 3.01. The first-order valence-corrected chi connectivity index (χ1v) is 10.9. The summed E-state index contributed by atoms with van der Waals surface area (Å²) in [6.45, 7) is 3.64. The molecule has 1 aromatic carbocycles. The topological polar surface area (TPSA) is 99.2 Å². The van der Waals surface area contributed by atoms with Crippen LogP contribution in [0, 0.1) is 0 Å². The zero-order chi connectivity index (χ0) is 20.9. The van der Waals surface area contributed by atoms with Crippen LogP contribution in [0.2, 0.25) is 0 Å². The van der Waals surface area contributed by atoms with E-state index in [-0.39, 0.29) is 29.9 Å². The molecular formula is C19H27NO7S. The van der Waals surface area contributed by atoms with Crippen molar-refractivity contribution >= 4 is 21.7 Å². The molecule has 1 amide bonds. The van der Waals surface area contributed by atoms with Gasteiger partial charge in [0.15, 0.2) is 27.4 Å². The van der Waals surface area contributed by atoms with Gasteiger partial charge in [-0.2, -0.15) is 0 Å². The molecule has 28 heavy (non-hydrogen) atoms. The molecule has 0 radical (unpaired) electrons. The van der Waals surface area contributed by atoms with Gasteiger partial charge >= 0.3 is 5.97 Å². The van der Waals surface area contributed by atoms with Crippen molar-refractivity contribution in [2.75, 3.05) is 32.3 Å². The molecule has 9 heteroatoms. The summed E-state index contributed by atoms with van der Waals surface area (Å²) in [6, 6.07) is 4.72. The van der Waals surface area contributed by atoms with Crippen molar-refractivity contribution in [2.24, 2.45) is 0 Å². The van der Waals surface area contributed by atoms with Crippen molar-refractivity contribution in [3.8, 4) is 11.5 Å². The number of benzene rings is 1. The van der Waals surface area contributed by atoms with Crippen molar-refractivity contribution < 1.29 is 32.2 Å². The standard InChI is InChI=1S/C19H27NO7S/c1-5-20(15-8-9-28(23,24)12-15)19(22)13(2)27-18(21)11-14-6-7-16(25-3)17(10-14)26-4/h6-7,10,13,15H,5,8-9,11-12H2,1-4H3/t13-,15+/m1/s1. The predicted octanol–water partition coefficient (Wildman–Crippen LogP) is 1.21. The van der Waals surface area contributed by atoms with Gasteiger partial charge in [0.05, 0.1) is 32.1 Å². The van der Waals surface area contributed by atoms with Crippen LogP contribution in [0.4, 0.5) is 0 Å². The minimum absolute atomic E-state index is 0.0259. The van der Waals surface area contributed by atoms with Gasteiger partial charge in [-0.25, -0.2) is 8.42 Å². The molecule has 0 N–H and O–H groups in total. The number of rotatable bonds is 8. The van der Waals surface area contributed by atoms with E-state index in [1.54, 1.807) is 25.1 Å². The number of carbonyl (C=O) groups excluding carboxylic acids is 2. The highest BCUT2D eigenvalue weighted by Crippen LogP contribution is 2.28. The summed E-state index contributed by atoms with van der Waals surface area (Å²) in [5.74, 6) is 0.145. The molecule has 1 aromatic rings. The Kier molecular flexibility index (Phi) is 7.29. The van der Waals surface area contributed by atoms with Gasteiger partial charge in [0.25, 0.3) is 5.91 Å². The van der Waals surface area contributed by atoms with Crippen LogP contribution < -0.4 is 9.47 Å². The van der Waals surface area contributed by atoms with Gasteiger partial charge in [-0.05, 0) is 38.0 Å². The molecule has 1 fully saturated rings. The number of hydrogen-bond acceptors (Lipinski definition) is 7. The molecule has 2 rings (SSSR count). The summed E-state index contributed by atoms with van der Waals surface area (Å²) < 4.78 is 39.0. The van der Waals surface area contributed by atoms with Crippen LogP contribution in [0.15, 0.2) is 18.2 Å². The number of likely N-dealkylation sites (N-methyl/N-ethyl adjacent to an activating group) is 1.